The highest BCUT2D eigenvalue weighted by Gasteiger charge is 2.04. The van der Waals surface area contributed by atoms with Gasteiger partial charge in [0.15, 0.2) is 0 Å². The number of hydrogen-bond donors (Lipinski definition) is 1. The number of aromatic nitrogens is 1. The number of nitrogens with zero attached hydrogens (tertiary/aromatic N) is 1. The summed E-state index contributed by atoms with van der Waals surface area (Å²) in [5.41, 5.74) is 8.72. The van der Waals surface area contributed by atoms with Crippen molar-refractivity contribution in [2.45, 2.75) is 20.4 Å². The first kappa shape index (κ1) is 12.9. The summed E-state index contributed by atoms with van der Waals surface area (Å²) in [4.78, 5) is 4.13. The van der Waals surface area contributed by atoms with Gasteiger partial charge in [-0.25, -0.2) is 4.98 Å². The topological polar surface area (TPSA) is 48.1 Å². The summed E-state index contributed by atoms with van der Waals surface area (Å²) in [7, 11) is 0. The normalized spacial score (nSPS) is 10.4. The minimum atomic E-state index is 0.366. The van der Waals surface area contributed by atoms with Gasteiger partial charge < -0.3 is 10.5 Å². The van der Waals surface area contributed by atoms with Crippen LogP contribution in [-0.4, -0.2) is 4.98 Å². The van der Waals surface area contributed by atoms with E-state index in [0.717, 1.165) is 22.4 Å². The van der Waals surface area contributed by atoms with E-state index in [-0.39, 0.29) is 0 Å². The first-order valence-corrected chi connectivity index (χ1v) is 6.07. The lowest BCUT2D eigenvalue weighted by molar-refractivity contribution is 0.461. The summed E-state index contributed by atoms with van der Waals surface area (Å²) >= 11 is 5.95. The molecule has 3 nitrogen and oxygen atoms in total. The maximum Gasteiger partial charge on any atom is 0.219 e. The van der Waals surface area contributed by atoms with Gasteiger partial charge in [0.1, 0.15) is 5.75 Å². The van der Waals surface area contributed by atoms with E-state index in [4.69, 9.17) is 22.1 Å². The van der Waals surface area contributed by atoms with Crippen molar-refractivity contribution < 1.29 is 4.74 Å². The van der Waals surface area contributed by atoms with Gasteiger partial charge in [0.2, 0.25) is 5.88 Å². The Morgan fingerprint density at radius 2 is 1.83 bits per heavy atom. The molecule has 18 heavy (non-hydrogen) atoms. The largest absolute Gasteiger partial charge is 0.439 e. The number of benzene rings is 1. The first-order chi connectivity index (χ1) is 8.58. The standard InChI is InChI=1S/C14H15ClN2O/c1-9-3-10(2)5-12(4-9)18-14-6-11(7-16)13(15)8-17-14/h3-6,8H,7,16H2,1-2H3. The maximum atomic E-state index is 5.95. The average Bonchev–Trinajstić information content (AvgIpc) is 2.30. The van der Waals surface area contributed by atoms with Crippen LogP contribution in [0.1, 0.15) is 16.7 Å². The SMILES string of the molecule is Cc1cc(C)cc(Oc2cc(CN)c(Cl)cn2)c1. The lowest BCUT2D eigenvalue weighted by Crippen LogP contribution is -1.99. The predicted molar refractivity (Wildman–Crippen MR) is 73.1 cm³/mol. The smallest absolute Gasteiger partial charge is 0.219 e. The number of halogens is 1. The monoisotopic (exact) mass is 262 g/mol. The Balaban J connectivity index is 2.28. The van der Waals surface area contributed by atoms with Gasteiger partial charge in [-0.1, -0.05) is 17.7 Å². The van der Waals surface area contributed by atoms with Crippen LogP contribution in [0.2, 0.25) is 5.02 Å². The molecule has 1 heterocycles. The van der Waals surface area contributed by atoms with Crippen molar-refractivity contribution in [2.75, 3.05) is 0 Å². The second-order valence-corrected chi connectivity index (χ2v) is 4.65. The lowest BCUT2D eigenvalue weighted by atomic mass is 10.1. The fourth-order valence-electron chi connectivity index (χ4n) is 1.78. The third-order valence-electron chi connectivity index (χ3n) is 2.55. The summed E-state index contributed by atoms with van der Waals surface area (Å²) in [6.45, 7) is 4.42. The van der Waals surface area contributed by atoms with Crippen LogP contribution in [0.15, 0.2) is 30.5 Å². The quantitative estimate of drug-likeness (QED) is 0.919. The molecule has 0 aliphatic heterocycles. The Morgan fingerprint density at radius 1 is 1.17 bits per heavy atom. The summed E-state index contributed by atoms with van der Waals surface area (Å²) < 4.78 is 5.71. The molecule has 1 aromatic heterocycles. The van der Waals surface area contributed by atoms with Gasteiger partial charge in [-0.2, -0.15) is 0 Å². The molecule has 0 amide bonds. The zero-order valence-electron chi connectivity index (χ0n) is 10.4. The van der Waals surface area contributed by atoms with Gasteiger partial charge in [-0.3, -0.25) is 0 Å². The van der Waals surface area contributed by atoms with Crippen molar-refractivity contribution in [3.63, 3.8) is 0 Å². The van der Waals surface area contributed by atoms with E-state index in [0.29, 0.717) is 17.4 Å². The zero-order chi connectivity index (χ0) is 13.1. The summed E-state index contributed by atoms with van der Waals surface area (Å²) in [5, 5.41) is 0.560. The number of nitrogens with two attached hydrogens (primary N) is 1. The fraction of sp³-hybridized carbons (Fsp3) is 0.214. The van der Waals surface area contributed by atoms with Crippen LogP contribution in [0.3, 0.4) is 0 Å². The molecule has 2 rings (SSSR count). The van der Waals surface area contributed by atoms with Crippen LogP contribution < -0.4 is 10.5 Å². The number of pyridine rings is 1. The number of aryl methyl sites for hydroxylation is 2. The molecule has 0 atom stereocenters. The Hall–Kier alpha value is -1.58. The first-order valence-electron chi connectivity index (χ1n) is 5.69. The van der Waals surface area contributed by atoms with E-state index in [1.165, 1.54) is 0 Å². The second-order valence-electron chi connectivity index (χ2n) is 4.24. The zero-order valence-corrected chi connectivity index (χ0v) is 11.2. The number of ether oxygens (including phenoxy) is 1. The Kier molecular flexibility index (Phi) is 3.84. The molecule has 0 saturated carbocycles. The van der Waals surface area contributed by atoms with Gasteiger partial charge >= 0.3 is 0 Å². The molecule has 0 spiro atoms. The van der Waals surface area contributed by atoms with Crippen molar-refractivity contribution in [3.05, 3.63) is 52.2 Å². The van der Waals surface area contributed by atoms with Gasteiger partial charge in [0.05, 0.1) is 5.02 Å². The molecule has 2 N–H and O–H groups in total. The highest BCUT2D eigenvalue weighted by Crippen LogP contribution is 2.25. The minimum Gasteiger partial charge on any atom is -0.439 e. The van der Waals surface area contributed by atoms with E-state index >= 15 is 0 Å². The molecular weight excluding hydrogens is 248 g/mol. The molecule has 0 aliphatic rings. The van der Waals surface area contributed by atoms with E-state index < -0.39 is 0 Å². The molecule has 0 aliphatic carbocycles. The molecule has 0 fully saturated rings. The average molecular weight is 263 g/mol. The van der Waals surface area contributed by atoms with Crippen molar-refractivity contribution in [1.82, 2.24) is 4.98 Å². The van der Waals surface area contributed by atoms with Crippen LogP contribution in [-0.2, 0) is 6.54 Å². The Labute approximate surface area is 112 Å². The highest BCUT2D eigenvalue weighted by molar-refractivity contribution is 6.31. The van der Waals surface area contributed by atoms with E-state index in [2.05, 4.69) is 11.1 Å². The van der Waals surface area contributed by atoms with Crippen LogP contribution in [0.5, 0.6) is 11.6 Å². The molecule has 0 radical (unpaired) electrons. The molecule has 1 aromatic carbocycles. The summed E-state index contributed by atoms with van der Waals surface area (Å²) in [6, 6.07) is 7.78. The molecule has 0 saturated heterocycles. The fourth-order valence-corrected chi connectivity index (χ4v) is 1.96. The van der Waals surface area contributed by atoms with Crippen LogP contribution in [0, 0.1) is 13.8 Å². The van der Waals surface area contributed by atoms with Gasteiger partial charge in [0, 0.05) is 18.8 Å². The predicted octanol–water partition coefficient (Wildman–Crippen LogP) is 3.60. The Morgan fingerprint density at radius 3 is 2.44 bits per heavy atom. The summed E-state index contributed by atoms with van der Waals surface area (Å²) in [5.74, 6) is 1.27. The molecular formula is C14H15ClN2O. The molecule has 2 aromatic rings. The lowest BCUT2D eigenvalue weighted by Gasteiger charge is -2.08. The number of rotatable bonds is 3. The highest BCUT2D eigenvalue weighted by atomic mass is 35.5. The van der Waals surface area contributed by atoms with Gasteiger partial charge in [-0.15, -0.1) is 0 Å². The van der Waals surface area contributed by atoms with Crippen molar-refractivity contribution >= 4 is 11.6 Å². The molecule has 94 valence electrons. The van der Waals surface area contributed by atoms with E-state index in [1.807, 2.05) is 26.0 Å². The van der Waals surface area contributed by atoms with Gasteiger partial charge in [0.25, 0.3) is 0 Å². The molecule has 0 unspecified atom stereocenters. The van der Waals surface area contributed by atoms with Crippen molar-refractivity contribution in [2.24, 2.45) is 5.73 Å². The third kappa shape index (κ3) is 3.00. The van der Waals surface area contributed by atoms with E-state index in [1.54, 1.807) is 12.3 Å². The van der Waals surface area contributed by atoms with Crippen LogP contribution >= 0.6 is 11.6 Å². The maximum absolute atomic E-state index is 5.95. The van der Waals surface area contributed by atoms with E-state index in [9.17, 15) is 0 Å². The second kappa shape index (κ2) is 5.38. The Bertz CT molecular complexity index is 549. The molecule has 0 bridgehead atoms. The van der Waals surface area contributed by atoms with Crippen molar-refractivity contribution in [3.8, 4) is 11.6 Å². The minimum absolute atomic E-state index is 0.366. The number of hydrogen-bond acceptors (Lipinski definition) is 3. The van der Waals surface area contributed by atoms with Crippen LogP contribution in [0.4, 0.5) is 0 Å². The van der Waals surface area contributed by atoms with Gasteiger partial charge in [-0.05, 0) is 42.7 Å². The van der Waals surface area contributed by atoms with Crippen LogP contribution in [0.25, 0.3) is 0 Å². The summed E-state index contributed by atoms with van der Waals surface area (Å²) in [6.07, 6.45) is 1.56. The molecule has 4 heteroatoms. The third-order valence-corrected chi connectivity index (χ3v) is 2.89. The van der Waals surface area contributed by atoms with Crippen molar-refractivity contribution in [1.29, 1.82) is 0 Å².